The summed E-state index contributed by atoms with van der Waals surface area (Å²) in [5.74, 6) is -3.22. The minimum Gasteiger partial charge on any atom is -0.345 e. The van der Waals surface area contributed by atoms with Gasteiger partial charge >= 0.3 is 5.69 Å². The van der Waals surface area contributed by atoms with Crippen molar-refractivity contribution in [1.29, 1.82) is 0 Å². The monoisotopic (exact) mass is 369 g/mol. The van der Waals surface area contributed by atoms with Crippen LogP contribution in [0.15, 0.2) is 46.1 Å². The zero-order valence-electron chi connectivity index (χ0n) is 14.7. The summed E-state index contributed by atoms with van der Waals surface area (Å²) in [5.41, 5.74) is -0.0141. The lowest BCUT2D eigenvalue weighted by molar-refractivity contribution is -0.136. The summed E-state index contributed by atoms with van der Waals surface area (Å²) in [6.45, 7) is 1.04. The molecule has 2 unspecified atom stereocenters. The minimum atomic E-state index is -1.43. The number of nitrogens with zero attached hydrogens (tertiary/aromatic N) is 1. The number of H-pyrrole nitrogens is 1. The van der Waals surface area contributed by atoms with E-state index in [1.54, 1.807) is 0 Å². The summed E-state index contributed by atoms with van der Waals surface area (Å²) in [7, 11) is 0. The van der Waals surface area contributed by atoms with E-state index in [9.17, 15) is 24.0 Å². The Morgan fingerprint density at radius 2 is 1.81 bits per heavy atom. The van der Waals surface area contributed by atoms with Crippen molar-refractivity contribution >= 4 is 17.5 Å². The Labute approximate surface area is 154 Å². The van der Waals surface area contributed by atoms with Gasteiger partial charge in [-0.3, -0.25) is 28.7 Å². The van der Waals surface area contributed by atoms with Gasteiger partial charge in [0, 0.05) is 11.8 Å². The van der Waals surface area contributed by atoms with Gasteiger partial charge in [-0.2, -0.15) is 0 Å². The number of aromatic nitrogens is 2. The average molecular weight is 369 g/mol. The molecular weight excluding hydrogens is 350 g/mol. The van der Waals surface area contributed by atoms with E-state index in [1.165, 1.54) is 13.1 Å². The lowest BCUT2D eigenvalue weighted by atomic mass is 9.95. The molecule has 1 aliphatic heterocycles. The lowest BCUT2D eigenvalue weighted by Gasteiger charge is -2.09. The molecule has 8 heteroatoms. The summed E-state index contributed by atoms with van der Waals surface area (Å²) >= 11 is 0. The molecule has 0 saturated carbocycles. The van der Waals surface area contributed by atoms with Crippen molar-refractivity contribution < 1.29 is 14.4 Å². The fourth-order valence-electron chi connectivity index (χ4n) is 3.13. The van der Waals surface area contributed by atoms with Crippen LogP contribution in [0.3, 0.4) is 0 Å². The molecule has 1 aliphatic rings. The van der Waals surface area contributed by atoms with E-state index < -0.39 is 47.2 Å². The topological polar surface area (TPSA) is 118 Å². The Balaban J connectivity index is 1.69. The number of rotatable bonds is 6. The summed E-state index contributed by atoms with van der Waals surface area (Å²) in [4.78, 5) is 62.4. The van der Waals surface area contributed by atoms with Crippen molar-refractivity contribution in [2.45, 2.75) is 32.4 Å². The Morgan fingerprint density at radius 3 is 2.52 bits per heavy atom. The first kappa shape index (κ1) is 18.5. The fraction of sp³-hybridized carbons (Fsp3) is 0.316. The maximum absolute atomic E-state index is 12.5. The van der Waals surface area contributed by atoms with E-state index in [2.05, 4.69) is 10.3 Å². The lowest BCUT2D eigenvalue weighted by Crippen LogP contribution is -2.37. The van der Waals surface area contributed by atoms with Crippen molar-refractivity contribution in [3.05, 3.63) is 68.5 Å². The van der Waals surface area contributed by atoms with Crippen LogP contribution < -0.4 is 16.6 Å². The predicted octanol–water partition coefficient (Wildman–Crippen LogP) is -0.269. The maximum atomic E-state index is 12.5. The molecule has 2 N–H and O–H groups in total. The van der Waals surface area contributed by atoms with E-state index in [0.717, 1.165) is 10.1 Å². The zero-order chi connectivity index (χ0) is 19.6. The van der Waals surface area contributed by atoms with Crippen LogP contribution in [0.25, 0.3) is 0 Å². The van der Waals surface area contributed by atoms with Crippen LogP contribution in [-0.4, -0.2) is 33.1 Å². The van der Waals surface area contributed by atoms with Crippen molar-refractivity contribution in [2.24, 2.45) is 5.92 Å². The second-order valence-corrected chi connectivity index (χ2v) is 6.59. The number of amides is 1. The predicted molar refractivity (Wildman–Crippen MR) is 96.3 cm³/mol. The van der Waals surface area contributed by atoms with Crippen molar-refractivity contribution in [2.75, 3.05) is 0 Å². The highest BCUT2D eigenvalue weighted by Gasteiger charge is 2.44. The van der Waals surface area contributed by atoms with Crippen LogP contribution in [-0.2, 0) is 27.3 Å². The third-order valence-corrected chi connectivity index (χ3v) is 4.61. The van der Waals surface area contributed by atoms with E-state index in [0.29, 0.717) is 12.8 Å². The molecule has 2 atom stereocenters. The second-order valence-electron chi connectivity index (χ2n) is 6.59. The number of hydrogen-bond donors (Lipinski definition) is 2. The molecule has 1 amide bonds. The van der Waals surface area contributed by atoms with Gasteiger partial charge in [-0.25, -0.2) is 4.79 Å². The van der Waals surface area contributed by atoms with Gasteiger partial charge < -0.3 is 5.32 Å². The molecule has 8 nitrogen and oxygen atoms in total. The first-order valence-electron chi connectivity index (χ1n) is 8.58. The number of benzene rings is 1. The number of ketones is 2. The third-order valence-electron chi connectivity index (χ3n) is 4.61. The largest absolute Gasteiger partial charge is 0.345 e. The number of carbonyl (C=O) groups is 3. The number of Topliss-reactive ketones (excluding diaryl/α,β-unsaturated/α-hetero) is 2. The smallest absolute Gasteiger partial charge is 0.328 e. The number of carbonyl (C=O) groups excluding carboxylic acids is 3. The first-order chi connectivity index (χ1) is 12.9. The first-order valence-corrected chi connectivity index (χ1v) is 8.58. The minimum absolute atomic E-state index is 0.255. The number of hydrogen-bond acceptors (Lipinski definition) is 5. The molecule has 2 aromatic rings. The van der Waals surface area contributed by atoms with Crippen molar-refractivity contribution in [3.63, 3.8) is 0 Å². The Kier molecular flexibility index (Phi) is 5.16. The molecule has 3 rings (SSSR count). The number of aryl methyl sites for hydroxylation is 2. The summed E-state index contributed by atoms with van der Waals surface area (Å²) < 4.78 is 0.997. The molecule has 27 heavy (non-hydrogen) atoms. The van der Waals surface area contributed by atoms with Gasteiger partial charge in [0.1, 0.15) is 0 Å². The van der Waals surface area contributed by atoms with Gasteiger partial charge in [-0.15, -0.1) is 0 Å². The standard InChI is InChI=1S/C19H19N3O5/c1-11-9-22(19(27)21-17(11)25)10-14(23)15-16(24)13(20-18(15)26)8-7-12-5-3-2-4-6-12/h2-6,9,13,15H,7-8,10H2,1H3,(H,20,26)(H,21,25,27). The van der Waals surface area contributed by atoms with Gasteiger partial charge in [0.25, 0.3) is 5.56 Å². The van der Waals surface area contributed by atoms with E-state index in [-0.39, 0.29) is 5.56 Å². The van der Waals surface area contributed by atoms with E-state index in [4.69, 9.17) is 0 Å². The molecule has 1 aromatic heterocycles. The highest BCUT2D eigenvalue weighted by Crippen LogP contribution is 2.17. The highest BCUT2D eigenvalue weighted by molar-refractivity contribution is 6.24. The molecule has 2 heterocycles. The van der Waals surface area contributed by atoms with Crippen LogP contribution in [0, 0.1) is 12.8 Å². The van der Waals surface area contributed by atoms with Crippen LogP contribution >= 0.6 is 0 Å². The van der Waals surface area contributed by atoms with Crippen molar-refractivity contribution in [3.8, 4) is 0 Å². The molecule has 1 saturated heterocycles. The van der Waals surface area contributed by atoms with Gasteiger partial charge in [0.2, 0.25) is 5.91 Å². The van der Waals surface area contributed by atoms with Crippen molar-refractivity contribution in [1.82, 2.24) is 14.9 Å². The van der Waals surface area contributed by atoms with Crippen LogP contribution in [0.5, 0.6) is 0 Å². The molecule has 1 fully saturated rings. The van der Waals surface area contributed by atoms with E-state index >= 15 is 0 Å². The third kappa shape index (κ3) is 3.94. The molecular formula is C19H19N3O5. The molecule has 1 aromatic carbocycles. The van der Waals surface area contributed by atoms with Crippen LogP contribution in [0.2, 0.25) is 0 Å². The van der Waals surface area contributed by atoms with E-state index in [1.807, 2.05) is 30.3 Å². The Hall–Kier alpha value is -3.29. The fourth-order valence-corrected chi connectivity index (χ4v) is 3.13. The SMILES string of the molecule is Cc1cn(CC(=O)C2C(=O)NC(CCc3ccccc3)C2=O)c(=O)[nH]c1=O. The summed E-state index contributed by atoms with van der Waals surface area (Å²) in [6.07, 6.45) is 2.23. The quantitative estimate of drug-likeness (QED) is 0.680. The normalized spacial score (nSPS) is 19.1. The molecule has 140 valence electrons. The number of aromatic amines is 1. The highest BCUT2D eigenvalue weighted by atomic mass is 16.2. The van der Waals surface area contributed by atoms with Crippen LogP contribution in [0.4, 0.5) is 0 Å². The summed E-state index contributed by atoms with van der Waals surface area (Å²) in [5, 5.41) is 2.57. The van der Waals surface area contributed by atoms with Gasteiger partial charge in [0.05, 0.1) is 12.6 Å². The van der Waals surface area contributed by atoms with Gasteiger partial charge in [-0.05, 0) is 25.3 Å². The zero-order valence-corrected chi connectivity index (χ0v) is 14.7. The van der Waals surface area contributed by atoms with Crippen LogP contribution in [0.1, 0.15) is 17.5 Å². The number of nitrogens with one attached hydrogen (secondary N) is 2. The Morgan fingerprint density at radius 1 is 1.11 bits per heavy atom. The molecule has 0 bridgehead atoms. The Bertz CT molecular complexity index is 1010. The summed E-state index contributed by atoms with van der Waals surface area (Å²) in [6, 6.07) is 8.80. The molecule has 0 spiro atoms. The second kappa shape index (κ2) is 7.53. The average Bonchev–Trinajstić information content (AvgIpc) is 2.92. The van der Waals surface area contributed by atoms with Gasteiger partial charge in [0.15, 0.2) is 17.5 Å². The molecule has 0 aliphatic carbocycles. The van der Waals surface area contributed by atoms with Gasteiger partial charge in [-0.1, -0.05) is 30.3 Å². The molecule has 0 radical (unpaired) electrons. The maximum Gasteiger partial charge on any atom is 0.328 e.